The van der Waals surface area contributed by atoms with E-state index < -0.39 is 82.1 Å². The van der Waals surface area contributed by atoms with Crippen LogP contribution in [0.5, 0.6) is 0 Å². The maximum atomic E-state index is 13.4. The number of allylic oxidation sites excluding steroid dienone is 1. The summed E-state index contributed by atoms with van der Waals surface area (Å²) < 4.78 is 22.7. The first-order chi connectivity index (χ1) is 14.4. The van der Waals surface area contributed by atoms with E-state index in [2.05, 4.69) is 6.58 Å². The van der Waals surface area contributed by atoms with Crippen molar-refractivity contribution in [1.82, 2.24) is 0 Å². The summed E-state index contributed by atoms with van der Waals surface area (Å²) in [6.07, 6.45) is -5.63. The van der Waals surface area contributed by atoms with Crippen molar-refractivity contribution in [3.05, 3.63) is 12.2 Å². The van der Waals surface area contributed by atoms with E-state index in [-0.39, 0.29) is 6.61 Å². The van der Waals surface area contributed by atoms with E-state index in [9.17, 15) is 29.7 Å². The van der Waals surface area contributed by atoms with E-state index in [0.29, 0.717) is 5.57 Å². The average Bonchev–Trinajstić information content (AvgIpc) is 3.33. The fraction of sp³-hybridized carbons (Fsp3) is 0.762. The number of carbonyl (C=O) groups is 3. The van der Waals surface area contributed by atoms with Gasteiger partial charge >= 0.3 is 17.9 Å². The van der Waals surface area contributed by atoms with Crippen molar-refractivity contribution in [2.24, 2.45) is 28.6 Å². The summed E-state index contributed by atoms with van der Waals surface area (Å²) in [6.45, 7) is 8.66. The Bertz CT molecular complexity index is 931. The van der Waals surface area contributed by atoms with E-state index in [1.807, 2.05) is 0 Å². The van der Waals surface area contributed by atoms with Crippen LogP contribution in [0.1, 0.15) is 20.8 Å². The predicted molar refractivity (Wildman–Crippen MR) is 99.3 cm³/mol. The Kier molecular flexibility index (Phi) is 3.81. The molecule has 31 heavy (non-hydrogen) atoms. The third-order valence-electron chi connectivity index (χ3n) is 8.88. The Morgan fingerprint density at radius 3 is 2.45 bits per heavy atom. The molecule has 0 bridgehead atoms. The fourth-order valence-electron chi connectivity index (χ4n) is 8.22. The number of carboxylic acid groups (broad SMARTS) is 1. The van der Waals surface area contributed by atoms with Crippen molar-refractivity contribution < 1.29 is 48.7 Å². The van der Waals surface area contributed by atoms with Gasteiger partial charge in [-0.1, -0.05) is 19.1 Å². The number of hydrogen-bond donors (Lipinski definition) is 3. The SMILES string of the molecule is C=C(C)[C@@H]1[C@@H](C)C2OC(=O)C34OCC1([C@@H](OC)C(=O)O)C23[C@@H](O)C1OC(=O)[C@@H](C)[C@@]14O. The van der Waals surface area contributed by atoms with E-state index in [0.717, 1.165) is 0 Å². The molecule has 170 valence electrons. The van der Waals surface area contributed by atoms with Gasteiger partial charge in [-0.05, 0) is 19.8 Å². The maximum absolute atomic E-state index is 13.4. The van der Waals surface area contributed by atoms with E-state index >= 15 is 0 Å². The van der Waals surface area contributed by atoms with Crippen LogP contribution in [0, 0.1) is 28.6 Å². The van der Waals surface area contributed by atoms with Crippen LogP contribution in [0.4, 0.5) is 0 Å². The molecule has 0 radical (unpaired) electrons. The molecule has 3 aliphatic heterocycles. The van der Waals surface area contributed by atoms with Crippen molar-refractivity contribution in [2.75, 3.05) is 13.7 Å². The fourth-order valence-corrected chi connectivity index (χ4v) is 8.22. The highest BCUT2D eigenvalue weighted by Gasteiger charge is 3.01. The Morgan fingerprint density at radius 1 is 1.26 bits per heavy atom. The summed E-state index contributed by atoms with van der Waals surface area (Å²) >= 11 is 0. The van der Waals surface area contributed by atoms with Crippen molar-refractivity contribution in [2.45, 2.75) is 56.4 Å². The lowest BCUT2D eigenvalue weighted by atomic mass is 9.53. The maximum Gasteiger partial charge on any atom is 0.342 e. The molecule has 1 spiro atoms. The number of ether oxygens (including phenoxy) is 4. The zero-order valence-electron chi connectivity index (χ0n) is 17.7. The van der Waals surface area contributed by atoms with Crippen molar-refractivity contribution >= 4 is 17.9 Å². The van der Waals surface area contributed by atoms with Gasteiger partial charge in [0.25, 0.3) is 0 Å². The molecule has 5 rings (SSSR count). The Morgan fingerprint density at radius 2 is 1.90 bits per heavy atom. The van der Waals surface area contributed by atoms with Gasteiger partial charge in [0.2, 0.25) is 5.60 Å². The van der Waals surface area contributed by atoms with Gasteiger partial charge < -0.3 is 34.3 Å². The van der Waals surface area contributed by atoms with Crippen LogP contribution in [0.3, 0.4) is 0 Å². The lowest BCUT2D eigenvalue weighted by molar-refractivity contribution is -0.198. The molecular weight excluding hydrogens is 412 g/mol. The minimum absolute atomic E-state index is 0.307. The molecule has 0 aromatic rings. The molecule has 5 unspecified atom stereocenters. The number of aliphatic hydroxyl groups is 2. The summed E-state index contributed by atoms with van der Waals surface area (Å²) in [5, 5.41) is 33.7. The molecule has 11 atom stereocenters. The van der Waals surface area contributed by atoms with Crippen molar-refractivity contribution in [3.8, 4) is 0 Å². The largest absolute Gasteiger partial charge is 0.479 e. The van der Waals surface area contributed by atoms with Crippen LogP contribution >= 0.6 is 0 Å². The number of esters is 2. The van der Waals surface area contributed by atoms with E-state index in [1.54, 1.807) is 13.8 Å². The second-order valence-electron chi connectivity index (χ2n) is 9.69. The minimum atomic E-state index is -2.24. The third kappa shape index (κ3) is 1.62. The topological polar surface area (TPSA) is 149 Å². The number of hydrogen-bond acceptors (Lipinski definition) is 9. The number of fused-ring (bicyclic) bond motifs is 1. The molecule has 0 aromatic carbocycles. The molecule has 0 aromatic heterocycles. The predicted octanol–water partition coefficient (Wildman–Crippen LogP) is -0.738. The Hall–Kier alpha value is -2.01. The molecule has 5 fully saturated rings. The number of rotatable bonds is 4. The summed E-state index contributed by atoms with van der Waals surface area (Å²) in [4.78, 5) is 38.2. The zero-order chi connectivity index (χ0) is 22.9. The van der Waals surface area contributed by atoms with Crippen LogP contribution in [0.25, 0.3) is 0 Å². The van der Waals surface area contributed by atoms with Gasteiger partial charge in [0, 0.05) is 13.0 Å². The first-order valence-corrected chi connectivity index (χ1v) is 10.3. The number of aliphatic hydroxyl groups excluding tert-OH is 1. The van der Waals surface area contributed by atoms with Crippen LogP contribution in [0.15, 0.2) is 12.2 Å². The van der Waals surface area contributed by atoms with Gasteiger partial charge in [-0.3, -0.25) is 4.79 Å². The van der Waals surface area contributed by atoms with E-state index in [1.165, 1.54) is 14.0 Å². The molecule has 10 nitrogen and oxygen atoms in total. The molecule has 0 amide bonds. The number of methoxy groups -OCH3 is 1. The quantitative estimate of drug-likeness (QED) is 0.378. The normalized spacial score (nSPS) is 54.8. The summed E-state index contributed by atoms with van der Waals surface area (Å²) in [6, 6.07) is 0. The lowest BCUT2D eigenvalue weighted by Crippen LogP contribution is -2.67. The van der Waals surface area contributed by atoms with Gasteiger partial charge in [-0.2, -0.15) is 0 Å². The van der Waals surface area contributed by atoms with Crippen LogP contribution in [-0.4, -0.2) is 82.6 Å². The molecule has 10 heteroatoms. The number of aliphatic carboxylic acids is 1. The summed E-state index contributed by atoms with van der Waals surface area (Å²) in [5.41, 5.74) is -7.06. The molecule has 2 saturated carbocycles. The molecule has 3 saturated heterocycles. The Labute approximate surface area is 178 Å². The first-order valence-electron chi connectivity index (χ1n) is 10.3. The molecule has 5 aliphatic rings. The molecule has 3 N–H and O–H groups in total. The molecule has 3 heterocycles. The van der Waals surface area contributed by atoms with Gasteiger partial charge in [-0.15, -0.1) is 0 Å². The van der Waals surface area contributed by atoms with Crippen LogP contribution in [0.2, 0.25) is 0 Å². The summed E-state index contributed by atoms with van der Waals surface area (Å²) in [7, 11) is 1.23. The van der Waals surface area contributed by atoms with Crippen LogP contribution < -0.4 is 0 Å². The Balaban J connectivity index is 1.90. The second kappa shape index (κ2) is 5.67. The third-order valence-corrected chi connectivity index (χ3v) is 8.88. The lowest BCUT2D eigenvalue weighted by Gasteiger charge is -2.47. The average molecular weight is 438 g/mol. The number of carbonyl (C=O) groups excluding carboxylic acids is 2. The summed E-state index contributed by atoms with van der Waals surface area (Å²) in [5.74, 6) is -5.28. The first kappa shape index (κ1) is 20.9. The standard InChI is InChI=1S/C21H26O10/c1-7(2)10-8(3)12-19-11(22)13-20(27,9(4)16(25)30-13)21(19,17(26)31-12)29-6-18(10,19)14(28-5)15(23)24/h8-14,22,27H,1,6H2,2-5H3,(H,23,24)/t8-,9-,10-,11+,12?,13?,14+,18?,19?,20-,21?/m1/s1. The second-order valence-corrected chi connectivity index (χ2v) is 9.69. The van der Waals surface area contributed by atoms with Gasteiger partial charge in [0.1, 0.15) is 12.2 Å². The number of carboxylic acids is 1. The highest BCUT2D eigenvalue weighted by atomic mass is 16.6. The molecular formula is C21H26O10. The van der Waals surface area contributed by atoms with Crippen molar-refractivity contribution in [1.29, 1.82) is 0 Å². The van der Waals surface area contributed by atoms with Crippen LogP contribution in [-0.2, 0) is 33.3 Å². The van der Waals surface area contributed by atoms with E-state index in [4.69, 9.17) is 18.9 Å². The zero-order valence-corrected chi connectivity index (χ0v) is 17.7. The monoisotopic (exact) mass is 438 g/mol. The van der Waals surface area contributed by atoms with Gasteiger partial charge in [0.05, 0.1) is 23.4 Å². The smallest absolute Gasteiger partial charge is 0.342 e. The van der Waals surface area contributed by atoms with Gasteiger partial charge in [0.15, 0.2) is 17.8 Å². The highest BCUT2D eigenvalue weighted by Crippen LogP contribution is 2.82. The molecule has 2 aliphatic carbocycles. The highest BCUT2D eigenvalue weighted by molar-refractivity contribution is 5.93. The van der Waals surface area contributed by atoms with Gasteiger partial charge in [-0.25, -0.2) is 9.59 Å². The minimum Gasteiger partial charge on any atom is -0.479 e. The van der Waals surface area contributed by atoms with Crippen molar-refractivity contribution in [3.63, 3.8) is 0 Å².